The Morgan fingerprint density at radius 3 is 2.62 bits per heavy atom. The molecule has 1 aliphatic rings. The van der Waals surface area contributed by atoms with E-state index in [-0.39, 0.29) is 30.7 Å². The summed E-state index contributed by atoms with van der Waals surface area (Å²) in [5.74, 6) is -0.0451. The van der Waals surface area contributed by atoms with E-state index < -0.39 is 0 Å². The summed E-state index contributed by atoms with van der Waals surface area (Å²) < 4.78 is 10.6. The van der Waals surface area contributed by atoms with Crippen LogP contribution >= 0.6 is 11.3 Å². The number of hydrogen-bond donors (Lipinski definition) is 1. The molecule has 26 heavy (non-hydrogen) atoms. The van der Waals surface area contributed by atoms with Gasteiger partial charge in [0.25, 0.3) is 11.8 Å². The molecule has 0 saturated carbocycles. The average molecular weight is 372 g/mol. The van der Waals surface area contributed by atoms with Crippen LogP contribution in [0.3, 0.4) is 0 Å². The number of carbonyl (C=O) groups is 2. The third-order valence-electron chi connectivity index (χ3n) is 3.90. The number of methoxy groups -OCH3 is 1. The Morgan fingerprint density at radius 2 is 1.92 bits per heavy atom. The minimum Gasteiger partial charge on any atom is -0.492 e. The standard InChI is InChI=1S/C19H20N2O4S/c1-3-25-14-8-5-4-7-13(14)20-17-16(15-9-6-12-26-15)18(22)21(19(17)23)10-11-24-2/h4-9,12,20H,3,10-11H2,1-2H3. The highest BCUT2D eigenvalue weighted by Crippen LogP contribution is 2.34. The van der Waals surface area contributed by atoms with E-state index in [0.29, 0.717) is 23.6 Å². The van der Waals surface area contributed by atoms with E-state index in [1.54, 1.807) is 0 Å². The van der Waals surface area contributed by atoms with Crippen LogP contribution < -0.4 is 10.1 Å². The Hall–Kier alpha value is -2.64. The van der Waals surface area contributed by atoms with Crippen molar-refractivity contribution in [3.8, 4) is 5.75 Å². The zero-order valence-corrected chi connectivity index (χ0v) is 15.5. The van der Waals surface area contributed by atoms with Crippen molar-refractivity contribution in [2.24, 2.45) is 0 Å². The summed E-state index contributed by atoms with van der Waals surface area (Å²) >= 11 is 1.42. The minimum absolute atomic E-state index is 0.210. The van der Waals surface area contributed by atoms with Crippen LogP contribution in [0.5, 0.6) is 5.75 Å². The van der Waals surface area contributed by atoms with Gasteiger partial charge in [0.05, 0.1) is 31.0 Å². The number of nitrogens with zero attached hydrogens (tertiary/aromatic N) is 1. The molecule has 1 N–H and O–H groups in total. The van der Waals surface area contributed by atoms with Gasteiger partial charge in [-0.15, -0.1) is 11.3 Å². The number of para-hydroxylation sites is 2. The van der Waals surface area contributed by atoms with Crippen LogP contribution in [0.25, 0.3) is 5.57 Å². The monoisotopic (exact) mass is 372 g/mol. The maximum atomic E-state index is 12.9. The van der Waals surface area contributed by atoms with Crippen LogP contribution in [0, 0.1) is 0 Å². The van der Waals surface area contributed by atoms with E-state index in [9.17, 15) is 9.59 Å². The SMILES string of the molecule is CCOc1ccccc1NC1=C(c2cccs2)C(=O)N(CCOC)C1=O. The van der Waals surface area contributed by atoms with Crippen molar-refractivity contribution < 1.29 is 19.1 Å². The third kappa shape index (κ3) is 3.49. The zero-order chi connectivity index (χ0) is 18.5. The number of thiophene rings is 1. The van der Waals surface area contributed by atoms with Crippen LogP contribution in [0.2, 0.25) is 0 Å². The smallest absolute Gasteiger partial charge is 0.278 e. The Bertz CT molecular complexity index is 830. The quantitative estimate of drug-likeness (QED) is 0.722. The first-order valence-corrected chi connectivity index (χ1v) is 9.17. The topological polar surface area (TPSA) is 67.9 Å². The van der Waals surface area contributed by atoms with Gasteiger partial charge in [-0.2, -0.15) is 0 Å². The molecule has 6 nitrogen and oxygen atoms in total. The zero-order valence-electron chi connectivity index (χ0n) is 14.7. The molecule has 136 valence electrons. The van der Waals surface area contributed by atoms with Gasteiger partial charge in [0.1, 0.15) is 11.4 Å². The van der Waals surface area contributed by atoms with Crippen molar-refractivity contribution >= 4 is 34.4 Å². The maximum absolute atomic E-state index is 12.9. The van der Waals surface area contributed by atoms with Crippen LogP contribution in [0.15, 0.2) is 47.5 Å². The fourth-order valence-corrected chi connectivity index (χ4v) is 3.48. The van der Waals surface area contributed by atoms with Crippen molar-refractivity contribution in [3.05, 3.63) is 52.4 Å². The van der Waals surface area contributed by atoms with Gasteiger partial charge in [-0.1, -0.05) is 18.2 Å². The number of amides is 2. The molecule has 2 heterocycles. The number of nitrogens with one attached hydrogen (secondary N) is 1. The first-order valence-electron chi connectivity index (χ1n) is 8.29. The molecule has 0 spiro atoms. The number of rotatable bonds is 8. The first-order chi connectivity index (χ1) is 12.7. The molecule has 0 bridgehead atoms. The Morgan fingerprint density at radius 1 is 1.12 bits per heavy atom. The minimum atomic E-state index is -0.359. The molecule has 0 saturated heterocycles. The van der Waals surface area contributed by atoms with Gasteiger partial charge in [0.2, 0.25) is 0 Å². The van der Waals surface area contributed by atoms with Gasteiger partial charge in [0.15, 0.2) is 0 Å². The largest absolute Gasteiger partial charge is 0.492 e. The lowest BCUT2D eigenvalue weighted by Gasteiger charge is -2.15. The van der Waals surface area contributed by atoms with E-state index in [1.165, 1.54) is 23.3 Å². The summed E-state index contributed by atoms with van der Waals surface area (Å²) in [5, 5.41) is 5.01. The predicted molar refractivity (Wildman–Crippen MR) is 101 cm³/mol. The number of hydrogen-bond acceptors (Lipinski definition) is 6. The Labute approximate surface area is 156 Å². The van der Waals surface area contributed by atoms with Crippen LogP contribution in [0.4, 0.5) is 5.69 Å². The fraction of sp³-hybridized carbons (Fsp3) is 0.263. The highest BCUT2D eigenvalue weighted by molar-refractivity contribution is 7.11. The number of carbonyl (C=O) groups excluding carboxylic acids is 2. The molecule has 0 unspecified atom stereocenters. The molecule has 2 amide bonds. The van der Waals surface area contributed by atoms with E-state index in [1.807, 2.05) is 48.7 Å². The van der Waals surface area contributed by atoms with E-state index in [4.69, 9.17) is 9.47 Å². The van der Waals surface area contributed by atoms with Gasteiger partial charge < -0.3 is 14.8 Å². The lowest BCUT2D eigenvalue weighted by Crippen LogP contribution is -2.35. The first kappa shape index (κ1) is 18.2. The molecule has 1 aromatic heterocycles. The number of ether oxygens (including phenoxy) is 2. The molecule has 7 heteroatoms. The van der Waals surface area contributed by atoms with Gasteiger partial charge in [-0.05, 0) is 30.5 Å². The average Bonchev–Trinajstić information content (AvgIpc) is 3.23. The molecular formula is C19H20N2O4S. The molecule has 0 atom stereocenters. The number of anilines is 1. The molecule has 0 radical (unpaired) electrons. The van der Waals surface area contributed by atoms with Gasteiger partial charge >= 0.3 is 0 Å². The molecule has 2 aromatic rings. The summed E-state index contributed by atoms with van der Waals surface area (Å²) in [6.45, 7) is 2.89. The van der Waals surface area contributed by atoms with Crippen molar-refractivity contribution in [1.29, 1.82) is 0 Å². The van der Waals surface area contributed by atoms with Crippen LogP contribution in [-0.4, -0.2) is 43.6 Å². The summed E-state index contributed by atoms with van der Waals surface area (Å²) in [7, 11) is 1.54. The predicted octanol–water partition coefficient (Wildman–Crippen LogP) is 2.99. The second-order valence-electron chi connectivity index (χ2n) is 5.54. The van der Waals surface area contributed by atoms with Crippen molar-refractivity contribution in [2.45, 2.75) is 6.92 Å². The van der Waals surface area contributed by atoms with Crippen molar-refractivity contribution in [2.75, 3.05) is 32.2 Å². The third-order valence-corrected chi connectivity index (χ3v) is 4.79. The van der Waals surface area contributed by atoms with Crippen LogP contribution in [0.1, 0.15) is 11.8 Å². The summed E-state index contributed by atoms with van der Waals surface area (Å²) in [4.78, 5) is 27.7. The van der Waals surface area contributed by atoms with Crippen molar-refractivity contribution in [3.63, 3.8) is 0 Å². The highest BCUT2D eigenvalue weighted by atomic mass is 32.1. The van der Waals surface area contributed by atoms with E-state index in [0.717, 1.165) is 4.88 Å². The number of imide groups is 1. The molecular weight excluding hydrogens is 352 g/mol. The van der Waals surface area contributed by atoms with Crippen molar-refractivity contribution in [1.82, 2.24) is 4.90 Å². The maximum Gasteiger partial charge on any atom is 0.278 e. The summed E-state index contributed by atoms with van der Waals surface area (Å²) in [6, 6.07) is 11.0. The van der Waals surface area contributed by atoms with E-state index in [2.05, 4.69) is 5.32 Å². The molecule has 3 rings (SSSR count). The van der Waals surface area contributed by atoms with Gasteiger partial charge in [-0.3, -0.25) is 14.5 Å². The summed E-state index contributed by atoms with van der Waals surface area (Å²) in [6.07, 6.45) is 0. The molecule has 1 aromatic carbocycles. The lowest BCUT2D eigenvalue weighted by atomic mass is 10.2. The normalized spacial score (nSPS) is 14.3. The number of benzene rings is 1. The van der Waals surface area contributed by atoms with Gasteiger partial charge in [0, 0.05) is 12.0 Å². The Balaban J connectivity index is 2.00. The van der Waals surface area contributed by atoms with E-state index >= 15 is 0 Å². The lowest BCUT2D eigenvalue weighted by molar-refractivity contribution is -0.137. The highest BCUT2D eigenvalue weighted by Gasteiger charge is 2.39. The molecule has 1 aliphatic heterocycles. The van der Waals surface area contributed by atoms with Crippen LogP contribution in [-0.2, 0) is 14.3 Å². The fourth-order valence-electron chi connectivity index (χ4n) is 2.71. The molecule has 0 fully saturated rings. The molecule has 0 aliphatic carbocycles. The second kappa shape index (κ2) is 8.16. The summed E-state index contributed by atoms with van der Waals surface area (Å²) in [5.41, 5.74) is 1.29. The second-order valence-corrected chi connectivity index (χ2v) is 6.48. The Kier molecular flexibility index (Phi) is 5.70. The van der Waals surface area contributed by atoms with Gasteiger partial charge in [-0.25, -0.2) is 0 Å².